The number of carbonyl (C=O) groups is 1. The molecule has 0 bridgehead atoms. The van der Waals surface area contributed by atoms with Gasteiger partial charge in [-0.1, -0.05) is 44.2 Å². The van der Waals surface area contributed by atoms with Crippen LogP contribution < -0.4 is 5.32 Å². The van der Waals surface area contributed by atoms with Crippen LogP contribution in [0, 0.1) is 5.92 Å². The molecule has 1 aliphatic heterocycles. The Hall–Kier alpha value is -2.76. The molecule has 1 atom stereocenters. The Labute approximate surface area is 207 Å². The number of hydrogen-bond donors (Lipinski definition) is 3. The number of anilines is 1. The van der Waals surface area contributed by atoms with Crippen LogP contribution in [0.15, 0.2) is 59.5 Å². The topological polar surface area (TPSA) is 111 Å². The summed E-state index contributed by atoms with van der Waals surface area (Å²) in [5, 5.41) is 4.12. The van der Waals surface area contributed by atoms with Gasteiger partial charge in [0, 0.05) is 31.6 Å². The van der Waals surface area contributed by atoms with Crippen molar-refractivity contribution in [1.29, 1.82) is 0 Å². The fourth-order valence-electron chi connectivity index (χ4n) is 4.17. The Morgan fingerprint density at radius 1 is 1.03 bits per heavy atom. The number of hydrogen-bond acceptors (Lipinski definition) is 9. The summed E-state index contributed by atoms with van der Waals surface area (Å²) in [7, 11) is -1.62. The molecule has 4 rings (SSSR count). The maximum absolute atomic E-state index is 12.3. The lowest BCUT2D eigenvalue weighted by Gasteiger charge is -2.46. The zero-order valence-electron chi connectivity index (χ0n) is 20.3. The second kappa shape index (κ2) is 10.9. The molecule has 3 N–H and O–H groups in total. The van der Waals surface area contributed by atoms with Crippen LogP contribution in [0.25, 0.3) is 10.9 Å². The van der Waals surface area contributed by atoms with Gasteiger partial charge in [-0.3, -0.25) is 14.0 Å². The second-order valence-electron chi connectivity index (χ2n) is 8.93. The normalized spacial score (nSPS) is 16.9. The first-order valence-electron chi connectivity index (χ1n) is 11.7. The first-order chi connectivity index (χ1) is 16.8. The van der Waals surface area contributed by atoms with Gasteiger partial charge in [0.25, 0.3) is 0 Å². The van der Waals surface area contributed by atoms with E-state index >= 15 is 0 Å². The molecule has 3 aromatic rings. The summed E-state index contributed by atoms with van der Waals surface area (Å²) in [6.45, 7) is 6.77. The van der Waals surface area contributed by atoms with E-state index in [0.29, 0.717) is 49.3 Å². The summed E-state index contributed by atoms with van der Waals surface area (Å²) in [5.74, 6) is 0.920. The van der Waals surface area contributed by atoms with Crippen LogP contribution in [0.2, 0.25) is 0 Å². The van der Waals surface area contributed by atoms with Crippen molar-refractivity contribution in [2.45, 2.75) is 31.3 Å². The maximum Gasteiger partial charge on any atom is 0.328 e. The number of rotatable bonds is 8. The first kappa shape index (κ1) is 25.3. The number of esters is 1. The Morgan fingerprint density at radius 3 is 2.34 bits per heavy atom. The molecule has 10 heteroatoms. The molecule has 1 aliphatic rings. The van der Waals surface area contributed by atoms with Gasteiger partial charge in [-0.05, 0) is 30.2 Å². The highest BCUT2D eigenvalue weighted by molar-refractivity contribution is 8.22. The average Bonchev–Trinajstić information content (AvgIpc) is 2.87. The molecule has 0 aliphatic carbocycles. The third kappa shape index (κ3) is 5.74. The molecular weight excluding hydrogens is 466 g/mol. The monoisotopic (exact) mass is 499 g/mol. The summed E-state index contributed by atoms with van der Waals surface area (Å²) >= 11 is 0. The van der Waals surface area contributed by atoms with Crippen molar-refractivity contribution >= 4 is 33.5 Å². The molecule has 1 aromatic heterocycles. The van der Waals surface area contributed by atoms with Crippen molar-refractivity contribution in [3.05, 3.63) is 60.4 Å². The quantitative estimate of drug-likeness (QED) is 0.395. The van der Waals surface area contributed by atoms with Gasteiger partial charge in [0.15, 0.2) is 0 Å². The average molecular weight is 500 g/mol. The first-order valence-corrected chi connectivity index (χ1v) is 13.2. The fourth-order valence-corrected chi connectivity index (χ4v) is 5.66. The van der Waals surface area contributed by atoms with E-state index in [1.165, 1.54) is 7.11 Å². The van der Waals surface area contributed by atoms with Crippen LogP contribution in [-0.2, 0) is 16.1 Å². The van der Waals surface area contributed by atoms with Crippen molar-refractivity contribution in [3.8, 4) is 0 Å². The van der Waals surface area contributed by atoms with Crippen LogP contribution in [0.4, 0.5) is 5.82 Å². The third-order valence-corrected chi connectivity index (χ3v) is 8.17. The number of ether oxygens (including phenoxy) is 1. The highest BCUT2D eigenvalue weighted by Gasteiger charge is 2.29. The van der Waals surface area contributed by atoms with E-state index in [1.54, 1.807) is 16.4 Å². The summed E-state index contributed by atoms with van der Waals surface area (Å²) in [4.78, 5) is 24.6. The van der Waals surface area contributed by atoms with Gasteiger partial charge in [0.2, 0.25) is 0 Å². The predicted molar refractivity (Wildman–Crippen MR) is 138 cm³/mol. The Balaban J connectivity index is 1.50. The van der Waals surface area contributed by atoms with Crippen LogP contribution >= 0.6 is 10.8 Å². The highest BCUT2D eigenvalue weighted by atomic mass is 32.3. The van der Waals surface area contributed by atoms with Gasteiger partial charge < -0.3 is 10.1 Å². The SMILES string of the molecule is COC(=O)[C@@H](Nc1nc(CN2CCN(S(O)(O)c3ccccc3)CC2)nc2ccccc12)C(C)C. The summed E-state index contributed by atoms with van der Waals surface area (Å²) in [6, 6.07) is 16.2. The van der Waals surface area contributed by atoms with Crippen molar-refractivity contribution in [2.75, 3.05) is 38.6 Å². The van der Waals surface area contributed by atoms with Crippen molar-refractivity contribution in [3.63, 3.8) is 0 Å². The number of fused-ring (bicyclic) bond motifs is 1. The molecular formula is C25H33N5O4S. The van der Waals surface area contributed by atoms with E-state index in [4.69, 9.17) is 14.7 Å². The van der Waals surface area contributed by atoms with Gasteiger partial charge in [0.05, 0.1) is 24.1 Å². The van der Waals surface area contributed by atoms with E-state index in [1.807, 2.05) is 56.3 Å². The minimum absolute atomic E-state index is 0.0112. The number of methoxy groups -OCH3 is 1. The molecule has 0 amide bonds. The predicted octanol–water partition coefficient (Wildman–Crippen LogP) is 4.08. The minimum Gasteiger partial charge on any atom is -0.467 e. The molecule has 0 unspecified atom stereocenters. The molecule has 0 saturated carbocycles. The van der Waals surface area contributed by atoms with E-state index in [2.05, 4.69) is 10.2 Å². The minimum atomic E-state index is -3.00. The molecule has 9 nitrogen and oxygen atoms in total. The summed E-state index contributed by atoms with van der Waals surface area (Å²) in [6.07, 6.45) is 0. The molecule has 35 heavy (non-hydrogen) atoms. The Morgan fingerprint density at radius 2 is 1.69 bits per heavy atom. The van der Waals surface area contributed by atoms with Gasteiger partial charge >= 0.3 is 5.97 Å². The largest absolute Gasteiger partial charge is 0.467 e. The number of piperazine rings is 1. The van der Waals surface area contributed by atoms with E-state index < -0.39 is 16.8 Å². The van der Waals surface area contributed by atoms with Gasteiger partial charge in [-0.2, -0.15) is 4.31 Å². The van der Waals surface area contributed by atoms with E-state index in [0.717, 1.165) is 10.9 Å². The zero-order valence-corrected chi connectivity index (χ0v) is 21.1. The van der Waals surface area contributed by atoms with Gasteiger partial charge in [-0.25, -0.2) is 14.8 Å². The van der Waals surface area contributed by atoms with Crippen molar-refractivity contribution in [1.82, 2.24) is 19.2 Å². The van der Waals surface area contributed by atoms with Crippen LogP contribution in [0.1, 0.15) is 19.7 Å². The van der Waals surface area contributed by atoms with E-state index in [9.17, 15) is 13.9 Å². The number of nitrogens with zero attached hydrogens (tertiary/aromatic N) is 4. The molecule has 2 aromatic carbocycles. The lowest BCUT2D eigenvalue weighted by atomic mass is 10.0. The molecule has 188 valence electrons. The Kier molecular flexibility index (Phi) is 7.88. The number of aromatic nitrogens is 2. The lowest BCUT2D eigenvalue weighted by molar-refractivity contribution is -0.142. The summed E-state index contributed by atoms with van der Waals surface area (Å²) in [5.41, 5.74) is 0.796. The van der Waals surface area contributed by atoms with Gasteiger partial charge in [-0.15, -0.1) is 10.8 Å². The lowest BCUT2D eigenvalue weighted by Crippen LogP contribution is -2.46. The molecule has 0 radical (unpaired) electrons. The zero-order chi connectivity index (χ0) is 25.0. The molecule has 1 saturated heterocycles. The standard InChI is InChI=1S/C25H33N5O4S/c1-18(2)23(25(31)34-3)28-24-20-11-7-8-12-21(20)26-22(27-24)17-29-13-15-30(16-14-29)35(32,33)19-9-5-4-6-10-19/h4-12,18,23,32-33H,13-17H2,1-3H3,(H,26,27,28)/t23-/m0/s1. The highest BCUT2D eigenvalue weighted by Crippen LogP contribution is 2.51. The second-order valence-corrected chi connectivity index (χ2v) is 11.0. The summed E-state index contributed by atoms with van der Waals surface area (Å²) < 4.78 is 28.4. The molecule has 1 fully saturated rings. The van der Waals surface area contributed by atoms with Gasteiger partial charge in [0.1, 0.15) is 17.7 Å². The number of para-hydroxylation sites is 1. The number of carbonyl (C=O) groups excluding carboxylic acids is 1. The van der Waals surface area contributed by atoms with Crippen LogP contribution in [0.5, 0.6) is 0 Å². The number of nitrogens with one attached hydrogen (secondary N) is 1. The van der Waals surface area contributed by atoms with Crippen LogP contribution in [0.3, 0.4) is 0 Å². The van der Waals surface area contributed by atoms with Crippen molar-refractivity contribution in [2.24, 2.45) is 5.92 Å². The third-order valence-electron chi connectivity index (χ3n) is 6.18. The smallest absolute Gasteiger partial charge is 0.328 e. The van der Waals surface area contributed by atoms with E-state index in [-0.39, 0.29) is 11.9 Å². The van der Waals surface area contributed by atoms with Crippen LogP contribution in [-0.4, -0.2) is 73.6 Å². The Bertz CT molecular complexity index is 1150. The molecule has 2 heterocycles. The molecule has 0 spiro atoms. The van der Waals surface area contributed by atoms with Crippen molar-refractivity contribution < 1.29 is 18.6 Å². The fraction of sp³-hybridized carbons (Fsp3) is 0.400. The maximum atomic E-state index is 12.3. The number of benzene rings is 2.